The Kier molecular flexibility index (Phi) is 7.33. The Labute approximate surface area is 201 Å². The fourth-order valence-corrected chi connectivity index (χ4v) is 4.68. The van der Waals surface area contributed by atoms with Crippen molar-refractivity contribution in [3.05, 3.63) is 101 Å². The lowest BCUT2D eigenvalue weighted by Crippen LogP contribution is -2.34. The molecule has 0 bridgehead atoms. The van der Waals surface area contributed by atoms with Gasteiger partial charge in [0.25, 0.3) is 0 Å². The first-order valence-electron chi connectivity index (χ1n) is 11.9. The molecule has 0 saturated heterocycles. The van der Waals surface area contributed by atoms with E-state index in [-0.39, 0.29) is 18.4 Å². The van der Waals surface area contributed by atoms with E-state index in [2.05, 4.69) is 36.5 Å². The minimum Gasteiger partial charge on any atom is -0.394 e. The van der Waals surface area contributed by atoms with Crippen molar-refractivity contribution < 1.29 is 9.90 Å². The predicted octanol–water partition coefficient (Wildman–Crippen LogP) is 5.08. The maximum Gasteiger partial charge on any atom is 0.228 e. The number of aliphatic hydroxyl groups is 1. The number of nitrogens with one attached hydrogen (secondary N) is 1. The molecule has 176 valence electrons. The van der Waals surface area contributed by atoms with E-state index >= 15 is 0 Å². The number of hydrogen-bond acceptors (Lipinski definition) is 3. The number of benzene rings is 3. The van der Waals surface area contributed by atoms with E-state index in [1.165, 1.54) is 5.39 Å². The lowest BCUT2D eigenvalue weighted by molar-refractivity contribution is -0.123. The molecule has 5 heteroatoms. The van der Waals surface area contributed by atoms with Crippen molar-refractivity contribution in [2.24, 2.45) is 7.05 Å². The third-order valence-corrected chi connectivity index (χ3v) is 6.62. The highest BCUT2D eigenvalue weighted by Crippen LogP contribution is 2.30. The minimum absolute atomic E-state index is 0.0594. The second-order valence-corrected chi connectivity index (χ2v) is 8.85. The Bertz CT molecular complexity index is 1250. The summed E-state index contributed by atoms with van der Waals surface area (Å²) in [6.07, 6.45) is 2.37. The van der Waals surface area contributed by atoms with Gasteiger partial charge in [-0.25, -0.2) is 0 Å². The van der Waals surface area contributed by atoms with Crippen LogP contribution in [0.25, 0.3) is 10.9 Å². The molecule has 1 aromatic heterocycles. The molecule has 0 saturated carbocycles. The van der Waals surface area contributed by atoms with Gasteiger partial charge in [0.05, 0.1) is 18.6 Å². The lowest BCUT2D eigenvalue weighted by atomic mass is 9.91. The lowest BCUT2D eigenvalue weighted by Gasteiger charge is -2.22. The Morgan fingerprint density at radius 1 is 0.971 bits per heavy atom. The molecule has 0 spiro atoms. The van der Waals surface area contributed by atoms with Gasteiger partial charge in [-0.05, 0) is 29.2 Å². The van der Waals surface area contributed by atoms with Crippen LogP contribution in [0.2, 0.25) is 0 Å². The number of nitrogen functional groups attached to an aromatic ring is 1. The molecule has 5 nitrogen and oxygen atoms in total. The van der Waals surface area contributed by atoms with Crippen molar-refractivity contribution in [1.29, 1.82) is 0 Å². The fourth-order valence-electron chi connectivity index (χ4n) is 4.68. The van der Waals surface area contributed by atoms with Crippen LogP contribution in [0.5, 0.6) is 0 Å². The largest absolute Gasteiger partial charge is 0.394 e. The molecular weight excluding hydrogens is 422 g/mol. The van der Waals surface area contributed by atoms with Gasteiger partial charge >= 0.3 is 0 Å². The van der Waals surface area contributed by atoms with Crippen LogP contribution in [0.4, 0.5) is 5.82 Å². The van der Waals surface area contributed by atoms with Crippen LogP contribution in [0.15, 0.2) is 78.9 Å². The quantitative estimate of drug-likeness (QED) is 0.329. The van der Waals surface area contributed by atoms with E-state index in [0.29, 0.717) is 0 Å². The molecule has 4 aromatic rings. The summed E-state index contributed by atoms with van der Waals surface area (Å²) in [6.45, 7) is 1.94. The molecule has 34 heavy (non-hydrogen) atoms. The molecule has 2 atom stereocenters. The first-order chi connectivity index (χ1) is 16.5. The summed E-state index contributed by atoms with van der Waals surface area (Å²) in [5.74, 6) is 0.458. The number of hydrogen-bond donors (Lipinski definition) is 3. The number of anilines is 1. The SMILES string of the molecule is CCCC(C(=O)N[C@@H](CO)c1ccccc1)c1ccc(Cc2c(N)n(C)c3ccccc23)cc1. The van der Waals surface area contributed by atoms with Gasteiger partial charge in [0, 0.05) is 29.9 Å². The molecule has 1 amide bonds. The molecule has 4 rings (SSSR count). The van der Waals surface area contributed by atoms with Crippen molar-refractivity contribution in [2.45, 2.75) is 38.1 Å². The minimum atomic E-state index is -0.415. The van der Waals surface area contributed by atoms with Gasteiger partial charge < -0.3 is 20.7 Å². The van der Waals surface area contributed by atoms with Crippen LogP contribution < -0.4 is 11.1 Å². The number of fused-ring (bicyclic) bond motifs is 1. The van der Waals surface area contributed by atoms with E-state index in [4.69, 9.17) is 5.73 Å². The zero-order valence-corrected chi connectivity index (χ0v) is 19.9. The Balaban J connectivity index is 1.53. The Hall–Kier alpha value is -3.57. The number of aromatic nitrogens is 1. The molecule has 0 aliphatic carbocycles. The fraction of sp³-hybridized carbons (Fsp3) is 0.276. The highest BCUT2D eigenvalue weighted by molar-refractivity contribution is 5.89. The summed E-state index contributed by atoms with van der Waals surface area (Å²) in [4.78, 5) is 13.2. The van der Waals surface area contributed by atoms with Crippen molar-refractivity contribution >= 4 is 22.6 Å². The van der Waals surface area contributed by atoms with Crippen LogP contribution in [0.3, 0.4) is 0 Å². The number of aryl methyl sites for hydroxylation is 1. The second kappa shape index (κ2) is 10.6. The number of carbonyl (C=O) groups is 1. The summed E-state index contributed by atoms with van der Waals surface area (Å²) < 4.78 is 2.03. The average Bonchev–Trinajstić information content (AvgIpc) is 3.11. The first-order valence-corrected chi connectivity index (χ1v) is 11.9. The van der Waals surface area contributed by atoms with Gasteiger partial charge in [0.15, 0.2) is 0 Å². The Morgan fingerprint density at radius 2 is 1.65 bits per heavy atom. The number of nitrogens with zero attached hydrogens (tertiary/aromatic N) is 1. The van der Waals surface area contributed by atoms with Crippen molar-refractivity contribution in [2.75, 3.05) is 12.3 Å². The number of para-hydroxylation sites is 1. The predicted molar refractivity (Wildman–Crippen MR) is 139 cm³/mol. The zero-order chi connectivity index (χ0) is 24.1. The number of aliphatic hydroxyl groups excluding tert-OH is 1. The summed E-state index contributed by atoms with van der Waals surface area (Å²) in [5.41, 5.74) is 11.7. The van der Waals surface area contributed by atoms with Gasteiger partial charge in [-0.3, -0.25) is 4.79 Å². The maximum absolute atomic E-state index is 13.2. The molecule has 4 N–H and O–H groups in total. The van der Waals surface area contributed by atoms with Crippen LogP contribution in [-0.2, 0) is 18.3 Å². The Morgan fingerprint density at radius 3 is 2.32 bits per heavy atom. The number of nitrogens with two attached hydrogens (primary N) is 1. The van der Waals surface area contributed by atoms with E-state index in [1.807, 2.05) is 66.2 Å². The van der Waals surface area contributed by atoms with Crippen LogP contribution in [0, 0.1) is 0 Å². The van der Waals surface area contributed by atoms with E-state index in [1.54, 1.807) is 0 Å². The average molecular weight is 456 g/mol. The van der Waals surface area contributed by atoms with Crippen molar-refractivity contribution in [1.82, 2.24) is 9.88 Å². The second-order valence-electron chi connectivity index (χ2n) is 8.85. The molecule has 0 radical (unpaired) electrons. The number of carbonyl (C=O) groups excluding carboxylic acids is 1. The van der Waals surface area contributed by atoms with E-state index in [9.17, 15) is 9.90 Å². The number of rotatable bonds is 9. The summed E-state index contributed by atoms with van der Waals surface area (Å²) in [7, 11) is 1.99. The molecule has 3 aromatic carbocycles. The monoisotopic (exact) mass is 455 g/mol. The van der Waals surface area contributed by atoms with Gasteiger partial charge in [0.1, 0.15) is 5.82 Å². The molecular formula is C29H33N3O2. The normalized spacial score (nSPS) is 13.0. The summed E-state index contributed by atoms with van der Waals surface area (Å²) in [5, 5.41) is 14.1. The molecule has 0 fully saturated rings. The van der Waals surface area contributed by atoms with Gasteiger partial charge in [0.2, 0.25) is 5.91 Å². The highest BCUT2D eigenvalue weighted by atomic mass is 16.3. The molecule has 0 aliphatic rings. The maximum atomic E-state index is 13.2. The highest BCUT2D eigenvalue weighted by Gasteiger charge is 2.23. The third-order valence-electron chi connectivity index (χ3n) is 6.62. The van der Waals surface area contributed by atoms with E-state index in [0.717, 1.165) is 52.9 Å². The molecule has 1 unspecified atom stereocenters. The smallest absolute Gasteiger partial charge is 0.228 e. The summed E-state index contributed by atoms with van der Waals surface area (Å²) in [6, 6.07) is 25.7. The molecule has 1 heterocycles. The third kappa shape index (κ3) is 4.85. The standard InChI is InChI=1S/C29H33N3O2/c1-3-9-23(29(34)31-26(19-33)22-10-5-4-6-11-22)21-16-14-20(15-17-21)18-25-24-12-7-8-13-27(24)32(2)28(25)30/h4-8,10-17,23,26,33H,3,9,18-19,30H2,1-2H3,(H,31,34)/t23?,26-/m0/s1. The van der Waals surface area contributed by atoms with E-state index < -0.39 is 6.04 Å². The van der Waals surface area contributed by atoms with Crippen molar-refractivity contribution in [3.63, 3.8) is 0 Å². The van der Waals surface area contributed by atoms with Crippen LogP contribution >= 0.6 is 0 Å². The van der Waals surface area contributed by atoms with Crippen LogP contribution in [0.1, 0.15) is 54.0 Å². The topological polar surface area (TPSA) is 80.3 Å². The summed E-state index contributed by atoms with van der Waals surface area (Å²) >= 11 is 0. The van der Waals surface area contributed by atoms with Crippen LogP contribution in [-0.4, -0.2) is 22.2 Å². The van der Waals surface area contributed by atoms with Gasteiger partial charge in [-0.1, -0.05) is 86.1 Å². The molecule has 0 aliphatic heterocycles. The van der Waals surface area contributed by atoms with Gasteiger partial charge in [-0.15, -0.1) is 0 Å². The van der Waals surface area contributed by atoms with Gasteiger partial charge in [-0.2, -0.15) is 0 Å². The number of amides is 1. The zero-order valence-electron chi connectivity index (χ0n) is 19.9. The first kappa shape index (κ1) is 23.6. The van der Waals surface area contributed by atoms with Crippen molar-refractivity contribution in [3.8, 4) is 0 Å².